The van der Waals surface area contributed by atoms with E-state index in [4.69, 9.17) is 4.74 Å². The molecule has 0 amide bonds. The van der Waals surface area contributed by atoms with Crippen molar-refractivity contribution < 1.29 is 13.2 Å². The molecule has 2 fully saturated rings. The van der Waals surface area contributed by atoms with Gasteiger partial charge in [0.2, 0.25) is 0 Å². The second kappa shape index (κ2) is 5.91. The number of hydrogen-bond acceptors (Lipinski definition) is 5. The van der Waals surface area contributed by atoms with Gasteiger partial charge in [-0.05, 0) is 49.9 Å². The first-order valence-electron chi connectivity index (χ1n) is 8.02. The van der Waals surface area contributed by atoms with Gasteiger partial charge < -0.3 is 4.74 Å². The molecular formula is C17H19NO3S2. The maximum Gasteiger partial charge on any atom is 0.151 e. The molecule has 0 spiro atoms. The van der Waals surface area contributed by atoms with Gasteiger partial charge in [-0.2, -0.15) is 0 Å². The number of hydrogen-bond donors (Lipinski definition) is 0. The minimum Gasteiger partial charge on any atom is -0.490 e. The normalized spacial score (nSPS) is 23.6. The highest BCUT2D eigenvalue weighted by Gasteiger charge is 2.30. The first kappa shape index (κ1) is 15.1. The summed E-state index contributed by atoms with van der Waals surface area (Å²) in [6.07, 6.45) is 4.65. The summed E-state index contributed by atoms with van der Waals surface area (Å²) in [4.78, 5) is 4.66. The molecule has 1 aliphatic carbocycles. The van der Waals surface area contributed by atoms with Crippen molar-refractivity contribution in [3.63, 3.8) is 0 Å². The Morgan fingerprint density at radius 2 is 1.91 bits per heavy atom. The average molecular weight is 349 g/mol. The highest BCUT2D eigenvalue weighted by atomic mass is 32.2. The summed E-state index contributed by atoms with van der Waals surface area (Å²) in [5.74, 6) is 1.51. The van der Waals surface area contributed by atoms with Crippen molar-refractivity contribution >= 4 is 21.2 Å². The molecule has 122 valence electrons. The van der Waals surface area contributed by atoms with Crippen LogP contribution in [-0.2, 0) is 9.84 Å². The molecule has 2 aliphatic rings. The van der Waals surface area contributed by atoms with E-state index in [1.807, 2.05) is 29.6 Å². The fraction of sp³-hybridized carbons (Fsp3) is 0.471. The predicted molar refractivity (Wildman–Crippen MR) is 91.8 cm³/mol. The van der Waals surface area contributed by atoms with Crippen LogP contribution in [0, 0.1) is 0 Å². The van der Waals surface area contributed by atoms with E-state index in [9.17, 15) is 8.42 Å². The van der Waals surface area contributed by atoms with Crippen LogP contribution in [0.5, 0.6) is 5.75 Å². The Hall–Kier alpha value is -1.40. The first-order chi connectivity index (χ1) is 11.1. The summed E-state index contributed by atoms with van der Waals surface area (Å²) in [6, 6.07) is 8.05. The monoisotopic (exact) mass is 349 g/mol. The van der Waals surface area contributed by atoms with E-state index in [0.29, 0.717) is 12.5 Å². The van der Waals surface area contributed by atoms with Gasteiger partial charge in [0.05, 0.1) is 23.3 Å². The summed E-state index contributed by atoms with van der Waals surface area (Å²) >= 11 is 1.58. The molecule has 1 atom stereocenters. The lowest BCUT2D eigenvalue weighted by Gasteiger charge is -2.26. The van der Waals surface area contributed by atoms with E-state index < -0.39 is 9.84 Å². The molecule has 1 aliphatic heterocycles. The smallest absolute Gasteiger partial charge is 0.151 e. The van der Waals surface area contributed by atoms with E-state index in [1.54, 1.807) is 11.3 Å². The summed E-state index contributed by atoms with van der Waals surface area (Å²) in [5.41, 5.74) is 1.98. The average Bonchev–Trinajstić information content (AvgIpc) is 3.10. The summed E-state index contributed by atoms with van der Waals surface area (Å²) in [6.45, 7) is 0. The van der Waals surface area contributed by atoms with Gasteiger partial charge in [0.15, 0.2) is 9.84 Å². The zero-order chi connectivity index (χ0) is 15.9. The van der Waals surface area contributed by atoms with Crippen molar-refractivity contribution in [1.82, 2.24) is 4.98 Å². The lowest BCUT2D eigenvalue weighted by molar-refractivity contribution is 0.120. The van der Waals surface area contributed by atoms with E-state index >= 15 is 0 Å². The summed E-state index contributed by atoms with van der Waals surface area (Å²) in [7, 11) is -2.87. The minimum atomic E-state index is -2.87. The van der Waals surface area contributed by atoms with Gasteiger partial charge in [0.25, 0.3) is 0 Å². The van der Waals surface area contributed by atoms with Crippen LogP contribution in [0.15, 0.2) is 29.6 Å². The van der Waals surface area contributed by atoms with E-state index in [-0.39, 0.29) is 17.4 Å². The molecule has 23 heavy (non-hydrogen) atoms. The van der Waals surface area contributed by atoms with E-state index in [2.05, 4.69) is 4.98 Å². The molecular weight excluding hydrogens is 330 g/mol. The van der Waals surface area contributed by atoms with E-state index in [1.165, 1.54) is 6.42 Å². The lowest BCUT2D eigenvalue weighted by atomic mass is 9.96. The third-order valence-electron chi connectivity index (χ3n) is 4.63. The van der Waals surface area contributed by atoms with Crippen molar-refractivity contribution in [1.29, 1.82) is 0 Å². The molecule has 1 saturated carbocycles. The van der Waals surface area contributed by atoms with Crippen molar-refractivity contribution in [3.05, 3.63) is 35.3 Å². The molecule has 0 bridgehead atoms. The van der Waals surface area contributed by atoms with Crippen molar-refractivity contribution in [2.45, 2.75) is 37.7 Å². The number of nitrogens with zero attached hydrogens (tertiary/aromatic N) is 1. The van der Waals surface area contributed by atoms with Crippen molar-refractivity contribution in [3.8, 4) is 16.3 Å². The fourth-order valence-corrected chi connectivity index (χ4v) is 5.66. The largest absolute Gasteiger partial charge is 0.490 e. The number of ether oxygens (including phenoxy) is 1. The number of benzene rings is 1. The Labute approximate surface area is 140 Å². The fourth-order valence-electron chi connectivity index (χ4n) is 2.99. The SMILES string of the molecule is O=S1(=O)CCC(c2csc(-c3ccc(OC4CCC4)cc3)n2)C1. The second-order valence-corrected chi connectivity index (χ2v) is 9.46. The van der Waals surface area contributed by atoms with Gasteiger partial charge in [-0.3, -0.25) is 0 Å². The molecule has 1 saturated heterocycles. The number of rotatable bonds is 4. The molecule has 1 aromatic carbocycles. The third kappa shape index (κ3) is 3.28. The van der Waals surface area contributed by atoms with Crippen LogP contribution in [-0.4, -0.2) is 31.0 Å². The molecule has 4 nitrogen and oxygen atoms in total. The highest BCUT2D eigenvalue weighted by molar-refractivity contribution is 7.91. The van der Waals surface area contributed by atoms with Gasteiger partial charge in [0, 0.05) is 16.9 Å². The quantitative estimate of drug-likeness (QED) is 0.845. The standard InChI is InChI=1S/C17H19NO3S2/c19-23(20)9-8-13(11-23)16-10-22-17(18-16)12-4-6-15(7-5-12)21-14-2-1-3-14/h4-7,10,13-14H,1-3,8-9,11H2. The van der Waals surface area contributed by atoms with Crippen LogP contribution < -0.4 is 4.74 Å². The Morgan fingerprint density at radius 1 is 1.13 bits per heavy atom. The predicted octanol–water partition coefficient (Wildman–Crippen LogP) is 3.64. The van der Waals surface area contributed by atoms with Crippen LogP contribution in [0.4, 0.5) is 0 Å². The lowest BCUT2D eigenvalue weighted by Crippen LogP contribution is -2.24. The van der Waals surface area contributed by atoms with Crippen LogP contribution in [0.1, 0.15) is 37.3 Å². The zero-order valence-electron chi connectivity index (χ0n) is 12.8. The minimum absolute atomic E-state index is 0.0613. The number of aromatic nitrogens is 1. The molecule has 0 N–H and O–H groups in total. The van der Waals surface area contributed by atoms with E-state index in [0.717, 1.165) is 34.9 Å². The maximum absolute atomic E-state index is 11.6. The van der Waals surface area contributed by atoms with Crippen LogP contribution in [0.2, 0.25) is 0 Å². The molecule has 2 aromatic rings. The molecule has 1 unspecified atom stereocenters. The Kier molecular flexibility index (Phi) is 3.89. The molecule has 0 radical (unpaired) electrons. The maximum atomic E-state index is 11.6. The number of thiazole rings is 1. The Morgan fingerprint density at radius 3 is 2.52 bits per heavy atom. The number of sulfone groups is 1. The van der Waals surface area contributed by atoms with Gasteiger partial charge in [0.1, 0.15) is 10.8 Å². The molecule has 2 heterocycles. The van der Waals surface area contributed by atoms with Gasteiger partial charge >= 0.3 is 0 Å². The van der Waals surface area contributed by atoms with Crippen molar-refractivity contribution in [2.24, 2.45) is 0 Å². The van der Waals surface area contributed by atoms with Crippen LogP contribution in [0.25, 0.3) is 10.6 Å². The Bertz CT molecular complexity index is 792. The molecule has 1 aromatic heterocycles. The summed E-state index contributed by atoms with van der Waals surface area (Å²) in [5, 5.41) is 2.94. The van der Waals surface area contributed by atoms with Crippen LogP contribution >= 0.6 is 11.3 Å². The van der Waals surface area contributed by atoms with Gasteiger partial charge in [-0.25, -0.2) is 13.4 Å². The van der Waals surface area contributed by atoms with Crippen molar-refractivity contribution in [2.75, 3.05) is 11.5 Å². The van der Waals surface area contributed by atoms with Gasteiger partial charge in [-0.1, -0.05) is 0 Å². The first-order valence-corrected chi connectivity index (χ1v) is 10.7. The Balaban J connectivity index is 1.48. The van der Waals surface area contributed by atoms with Crippen LogP contribution in [0.3, 0.4) is 0 Å². The summed E-state index contributed by atoms with van der Waals surface area (Å²) < 4.78 is 29.1. The molecule has 6 heteroatoms. The topological polar surface area (TPSA) is 56.3 Å². The second-order valence-electron chi connectivity index (χ2n) is 6.37. The molecule has 4 rings (SSSR count). The van der Waals surface area contributed by atoms with Gasteiger partial charge in [-0.15, -0.1) is 11.3 Å². The third-order valence-corrected chi connectivity index (χ3v) is 7.31. The highest BCUT2D eigenvalue weighted by Crippen LogP contribution is 2.33. The zero-order valence-corrected chi connectivity index (χ0v) is 14.4.